The summed E-state index contributed by atoms with van der Waals surface area (Å²) in [6, 6.07) is 31.1. The molecule has 0 aliphatic carbocycles. The standard InChI is InChI=1S/C25H19.2ClH.Zr/c1-2-17-11-13-24(21-15-19-8-3-4-9-20(19)16-21)25-22-10-6-5-7-18(22)12-14-23(17)25;;;/h3-16H,2H2,1H3;2*1H;/q-1;;;+3/p-2. The fourth-order valence-corrected chi connectivity index (χ4v) is 4.04. The van der Waals surface area contributed by atoms with Crippen molar-refractivity contribution >= 4 is 32.3 Å². The molecule has 5 aromatic carbocycles. The average Bonchev–Trinajstić information content (AvgIpc) is 3.10. The predicted molar refractivity (Wildman–Crippen MR) is 109 cm³/mol. The Balaban J connectivity index is 0.000000934. The molecule has 0 N–H and O–H groups in total. The first-order valence-electron chi connectivity index (χ1n) is 8.94. The molecule has 5 aromatic rings. The molecule has 0 unspecified atom stereocenters. The average molecular weight is 482 g/mol. The third-order valence-corrected chi connectivity index (χ3v) is 5.31. The maximum atomic E-state index is 2.32. The van der Waals surface area contributed by atoms with Crippen LogP contribution in [0.5, 0.6) is 0 Å². The monoisotopic (exact) mass is 479 g/mol. The molecule has 5 rings (SSSR count). The van der Waals surface area contributed by atoms with Crippen molar-refractivity contribution < 1.29 is 51.0 Å². The van der Waals surface area contributed by atoms with Crippen molar-refractivity contribution in [2.24, 2.45) is 0 Å². The number of aryl methyl sites for hydroxylation is 1. The Morgan fingerprint density at radius 1 is 0.714 bits per heavy atom. The van der Waals surface area contributed by atoms with E-state index in [4.69, 9.17) is 0 Å². The summed E-state index contributed by atoms with van der Waals surface area (Å²) in [6.07, 6.45) is 1.05. The molecule has 28 heavy (non-hydrogen) atoms. The summed E-state index contributed by atoms with van der Waals surface area (Å²) in [7, 11) is 0. The number of benzene rings is 4. The molecule has 3 heteroatoms. The van der Waals surface area contributed by atoms with Crippen molar-refractivity contribution in [1.29, 1.82) is 0 Å². The molecule has 0 bridgehead atoms. The Morgan fingerprint density at radius 3 is 2.18 bits per heavy atom. The van der Waals surface area contributed by atoms with Crippen LogP contribution in [0.15, 0.2) is 84.9 Å². The molecule has 0 heterocycles. The molecule has 0 nitrogen and oxygen atoms in total. The predicted octanol–water partition coefficient (Wildman–Crippen LogP) is 1.10. The van der Waals surface area contributed by atoms with Crippen LogP contribution in [-0.4, -0.2) is 0 Å². The maximum absolute atomic E-state index is 2.32. The summed E-state index contributed by atoms with van der Waals surface area (Å²) < 4.78 is 0. The van der Waals surface area contributed by atoms with Crippen LogP contribution in [0.25, 0.3) is 43.4 Å². The zero-order valence-corrected chi connectivity index (χ0v) is 19.5. The van der Waals surface area contributed by atoms with Gasteiger partial charge in [0.15, 0.2) is 0 Å². The van der Waals surface area contributed by atoms with Crippen molar-refractivity contribution in [1.82, 2.24) is 0 Å². The molecule has 0 aromatic heterocycles. The van der Waals surface area contributed by atoms with Crippen molar-refractivity contribution in [3.8, 4) is 11.1 Å². The largest absolute Gasteiger partial charge is 3.00 e. The van der Waals surface area contributed by atoms with Crippen LogP contribution in [0.2, 0.25) is 0 Å². The summed E-state index contributed by atoms with van der Waals surface area (Å²) in [5, 5.41) is 8.03. The number of hydrogen-bond acceptors (Lipinski definition) is 0. The van der Waals surface area contributed by atoms with E-state index in [2.05, 4.69) is 91.9 Å². The first-order valence-corrected chi connectivity index (χ1v) is 8.94. The van der Waals surface area contributed by atoms with Gasteiger partial charge < -0.3 is 24.8 Å². The van der Waals surface area contributed by atoms with Gasteiger partial charge in [0, 0.05) is 0 Å². The van der Waals surface area contributed by atoms with Gasteiger partial charge in [0.05, 0.1) is 0 Å². The van der Waals surface area contributed by atoms with E-state index in [-0.39, 0.29) is 51.0 Å². The van der Waals surface area contributed by atoms with Gasteiger partial charge in [0.25, 0.3) is 0 Å². The molecule has 0 amide bonds. The van der Waals surface area contributed by atoms with Crippen LogP contribution in [0.3, 0.4) is 0 Å². The van der Waals surface area contributed by atoms with E-state index >= 15 is 0 Å². The molecule has 0 saturated carbocycles. The zero-order valence-electron chi connectivity index (χ0n) is 15.5. The number of halogens is 2. The van der Waals surface area contributed by atoms with Gasteiger partial charge in [-0.25, -0.2) is 0 Å². The molecule has 1 radical (unpaired) electrons. The molecule has 0 atom stereocenters. The smallest absolute Gasteiger partial charge is 1.00 e. The van der Waals surface area contributed by atoms with Crippen molar-refractivity contribution in [3.05, 3.63) is 90.5 Å². The third kappa shape index (κ3) is 3.69. The Hall–Kier alpha value is -1.53. The van der Waals surface area contributed by atoms with Crippen LogP contribution in [-0.2, 0) is 32.6 Å². The molecular formula is C25H19Cl2Zr. The molecule has 0 aliphatic rings. The summed E-state index contributed by atoms with van der Waals surface area (Å²) in [6.45, 7) is 2.24. The maximum Gasteiger partial charge on any atom is 3.00 e. The topological polar surface area (TPSA) is 0 Å². The van der Waals surface area contributed by atoms with E-state index in [0.29, 0.717) is 0 Å². The molecule has 137 valence electrons. The second-order valence-corrected chi connectivity index (χ2v) is 6.71. The van der Waals surface area contributed by atoms with E-state index in [1.165, 1.54) is 49.0 Å². The van der Waals surface area contributed by atoms with Gasteiger partial charge in [0.1, 0.15) is 0 Å². The van der Waals surface area contributed by atoms with Crippen LogP contribution < -0.4 is 24.8 Å². The summed E-state index contributed by atoms with van der Waals surface area (Å²) in [5.74, 6) is 0. The number of fused-ring (bicyclic) bond motifs is 4. The Bertz CT molecular complexity index is 1200. The van der Waals surface area contributed by atoms with Gasteiger partial charge in [-0.3, -0.25) is 0 Å². The minimum absolute atomic E-state index is 0. The van der Waals surface area contributed by atoms with E-state index in [9.17, 15) is 0 Å². The van der Waals surface area contributed by atoms with Gasteiger partial charge in [-0.2, -0.15) is 0 Å². The van der Waals surface area contributed by atoms with E-state index < -0.39 is 0 Å². The summed E-state index contributed by atoms with van der Waals surface area (Å²) in [5.41, 5.74) is 4.06. The SMILES string of the molecule is CCc1ccc(-c2cc3ccccc3[cH-]2)c2c1ccc1ccccc12.[Cl-].[Cl-].[Zr+3]. The summed E-state index contributed by atoms with van der Waals surface area (Å²) >= 11 is 0. The fraction of sp³-hybridized carbons (Fsp3) is 0.0800. The quantitative estimate of drug-likeness (QED) is 0.262. The molecule has 0 saturated heterocycles. The first-order chi connectivity index (χ1) is 12.3. The molecule has 0 spiro atoms. The van der Waals surface area contributed by atoms with E-state index in [1.807, 2.05) is 0 Å². The minimum Gasteiger partial charge on any atom is -1.00 e. The van der Waals surface area contributed by atoms with Crippen molar-refractivity contribution in [2.75, 3.05) is 0 Å². The molecular weight excluding hydrogens is 462 g/mol. The van der Waals surface area contributed by atoms with Crippen LogP contribution in [0.4, 0.5) is 0 Å². The minimum atomic E-state index is 0. The summed E-state index contributed by atoms with van der Waals surface area (Å²) in [4.78, 5) is 0. The molecule has 0 fully saturated rings. The van der Waals surface area contributed by atoms with Gasteiger partial charge >= 0.3 is 26.2 Å². The Kier molecular flexibility index (Phi) is 7.57. The second-order valence-electron chi connectivity index (χ2n) is 6.71. The number of rotatable bonds is 2. The molecule has 0 aliphatic heterocycles. The van der Waals surface area contributed by atoms with Crippen LogP contribution in [0.1, 0.15) is 12.5 Å². The second kappa shape index (κ2) is 9.31. The van der Waals surface area contributed by atoms with Gasteiger partial charge in [-0.05, 0) is 33.5 Å². The fourth-order valence-electron chi connectivity index (χ4n) is 4.04. The normalized spacial score (nSPS) is 10.3. The van der Waals surface area contributed by atoms with Gasteiger partial charge in [-0.15, -0.1) is 34.5 Å². The zero-order chi connectivity index (χ0) is 16.8. The number of hydrogen-bond donors (Lipinski definition) is 0. The van der Waals surface area contributed by atoms with Gasteiger partial charge in [-0.1, -0.05) is 79.2 Å². The van der Waals surface area contributed by atoms with E-state index in [0.717, 1.165) is 6.42 Å². The Morgan fingerprint density at radius 2 is 1.43 bits per heavy atom. The van der Waals surface area contributed by atoms with Crippen LogP contribution in [0, 0.1) is 0 Å². The first kappa shape index (κ1) is 22.8. The van der Waals surface area contributed by atoms with Gasteiger partial charge in [0.2, 0.25) is 0 Å². The third-order valence-electron chi connectivity index (χ3n) is 5.31. The Labute approximate surface area is 197 Å². The van der Waals surface area contributed by atoms with Crippen LogP contribution >= 0.6 is 0 Å². The van der Waals surface area contributed by atoms with E-state index in [1.54, 1.807) is 0 Å². The van der Waals surface area contributed by atoms with Crippen molar-refractivity contribution in [3.63, 3.8) is 0 Å². The van der Waals surface area contributed by atoms with Crippen molar-refractivity contribution in [2.45, 2.75) is 13.3 Å².